The summed E-state index contributed by atoms with van der Waals surface area (Å²) in [5, 5.41) is 5.85. The van der Waals surface area contributed by atoms with E-state index in [9.17, 15) is 22.8 Å². The predicted octanol–water partition coefficient (Wildman–Crippen LogP) is 3.78. The first-order valence-electron chi connectivity index (χ1n) is 8.38. The second kappa shape index (κ2) is 7.69. The molecule has 2 N–H and O–H groups in total. The van der Waals surface area contributed by atoms with Gasteiger partial charge < -0.3 is 15.5 Å². The summed E-state index contributed by atoms with van der Waals surface area (Å²) in [5.74, 6) is -1.91. The van der Waals surface area contributed by atoms with E-state index in [1.165, 1.54) is 0 Å². The second-order valence-electron chi connectivity index (χ2n) is 6.35. The fourth-order valence-corrected chi connectivity index (χ4v) is 2.89. The van der Waals surface area contributed by atoms with Crippen molar-refractivity contribution in [1.29, 1.82) is 0 Å². The van der Waals surface area contributed by atoms with E-state index >= 15 is 0 Å². The largest absolute Gasteiger partial charge is 0.406 e. The van der Waals surface area contributed by atoms with Gasteiger partial charge in [0.05, 0.1) is 5.92 Å². The Morgan fingerprint density at radius 1 is 1.00 bits per heavy atom. The van der Waals surface area contributed by atoms with Gasteiger partial charge >= 0.3 is 6.18 Å². The number of rotatable bonds is 5. The van der Waals surface area contributed by atoms with Crippen LogP contribution in [0, 0.1) is 5.92 Å². The average molecular weight is 377 g/mol. The molecular formula is C19H18F3N3O2. The monoisotopic (exact) mass is 377 g/mol. The Labute approximate surface area is 154 Å². The maximum Gasteiger partial charge on any atom is 0.406 e. The van der Waals surface area contributed by atoms with E-state index in [1.54, 1.807) is 24.3 Å². The van der Waals surface area contributed by atoms with Crippen molar-refractivity contribution in [1.82, 2.24) is 4.90 Å². The quantitative estimate of drug-likeness (QED) is 0.834. The Kier molecular flexibility index (Phi) is 5.34. The van der Waals surface area contributed by atoms with Crippen molar-refractivity contribution in [3.8, 4) is 0 Å². The molecule has 1 aliphatic rings. The van der Waals surface area contributed by atoms with Crippen molar-refractivity contribution in [2.45, 2.75) is 12.6 Å². The molecule has 142 valence electrons. The first kappa shape index (κ1) is 18.8. The summed E-state index contributed by atoms with van der Waals surface area (Å²) in [6.07, 6.45) is -4.68. The molecule has 0 saturated carbocycles. The molecule has 1 aliphatic heterocycles. The lowest BCUT2D eigenvalue weighted by atomic mass is 10.1. The number of nitrogens with one attached hydrogen (secondary N) is 2. The molecule has 5 nitrogen and oxygen atoms in total. The van der Waals surface area contributed by atoms with Gasteiger partial charge in [0.25, 0.3) is 0 Å². The number of halogens is 3. The molecule has 0 unspecified atom stereocenters. The summed E-state index contributed by atoms with van der Waals surface area (Å²) in [7, 11) is 0. The molecule has 1 atom stereocenters. The first-order chi connectivity index (χ1) is 12.8. The lowest BCUT2D eigenvalue weighted by molar-refractivity contribution is -0.157. The molecule has 0 bridgehead atoms. The van der Waals surface area contributed by atoms with Crippen molar-refractivity contribution in [3.63, 3.8) is 0 Å². The van der Waals surface area contributed by atoms with Crippen LogP contribution in [0.15, 0.2) is 54.6 Å². The SMILES string of the molecule is O=C(Nc1ccc(Nc2ccccc2)cc1)[C@@H]1CC(=O)N(CC(F)(F)F)C1. The third-order valence-corrected chi connectivity index (χ3v) is 4.17. The normalized spacial score (nSPS) is 17.1. The Bertz CT molecular complexity index is 807. The zero-order valence-corrected chi connectivity index (χ0v) is 14.3. The molecule has 0 aliphatic carbocycles. The lowest BCUT2D eigenvalue weighted by Gasteiger charge is -2.18. The van der Waals surface area contributed by atoms with E-state index in [0.29, 0.717) is 10.6 Å². The second-order valence-corrected chi connectivity index (χ2v) is 6.35. The van der Waals surface area contributed by atoms with Crippen molar-refractivity contribution in [2.75, 3.05) is 23.7 Å². The molecule has 0 aromatic heterocycles. The van der Waals surface area contributed by atoms with Crippen LogP contribution in [0.3, 0.4) is 0 Å². The van der Waals surface area contributed by atoms with Gasteiger partial charge in [-0.05, 0) is 36.4 Å². The third-order valence-electron chi connectivity index (χ3n) is 4.17. The van der Waals surface area contributed by atoms with Gasteiger partial charge in [-0.1, -0.05) is 18.2 Å². The summed E-state index contributed by atoms with van der Waals surface area (Å²) in [5.41, 5.74) is 2.26. The number of hydrogen-bond acceptors (Lipinski definition) is 3. The molecule has 1 saturated heterocycles. The van der Waals surface area contributed by atoms with E-state index in [1.807, 2.05) is 30.3 Å². The highest BCUT2D eigenvalue weighted by molar-refractivity contribution is 5.97. The molecule has 2 aromatic rings. The summed E-state index contributed by atoms with van der Waals surface area (Å²) in [6.45, 7) is -1.55. The van der Waals surface area contributed by atoms with Gasteiger partial charge in [0.2, 0.25) is 11.8 Å². The van der Waals surface area contributed by atoms with Gasteiger partial charge in [-0.3, -0.25) is 9.59 Å². The van der Waals surface area contributed by atoms with Gasteiger partial charge in [0.1, 0.15) is 6.54 Å². The summed E-state index contributed by atoms with van der Waals surface area (Å²) < 4.78 is 37.3. The summed E-state index contributed by atoms with van der Waals surface area (Å²) in [6, 6.07) is 16.5. The van der Waals surface area contributed by atoms with E-state index < -0.39 is 30.5 Å². The zero-order chi connectivity index (χ0) is 19.4. The molecule has 2 aromatic carbocycles. The minimum absolute atomic E-state index is 0.213. The van der Waals surface area contributed by atoms with Crippen LogP contribution in [0.1, 0.15) is 6.42 Å². The fourth-order valence-electron chi connectivity index (χ4n) is 2.89. The van der Waals surface area contributed by atoms with Gasteiger partial charge in [-0.25, -0.2) is 0 Å². The van der Waals surface area contributed by atoms with Crippen LogP contribution >= 0.6 is 0 Å². The molecule has 27 heavy (non-hydrogen) atoms. The van der Waals surface area contributed by atoms with Crippen LogP contribution in [0.2, 0.25) is 0 Å². The highest BCUT2D eigenvalue weighted by Gasteiger charge is 2.40. The molecule has 3 rings (SSSR count). The number of hydrogen-bond donors (Lipinski definition) is 2. The van der Waals surface area contributed by atoms with E-state index in [0.717, 1.165) is 11.4 Å². The number of likely N-dealkylation sites (tertiary alicyclic amines) is 1. The van der Waals surface area contributed by atoms with Crippen LogP contribution in [-0.4, -0.2) is 36.0 Å². The Hall–Kier alpha value is -3.03. The smallest absolute Gasteiger partial charge is 0.356 e. The van der Waals surface area contributed by atoms with Crippen LogP contribution in [0.25, 0.3) is 0 Å². The number of amides is 2. The Morgan fingerprint density at radius 3 is 2.22 bits per heavy atom. The van der Waals surface area contributed by atoms with Gasteiger partial charge in [0, 0.05) is 30.0 Å². The van der Waals surface area contributed by atoms with Gasteiger partial charge in [0.15, 0.2) is 0 Å². The highest BCUT2D eigenvalue weighted by Crippen LogP contribution is 2.25. The number of benzene rings is 2. The van der Waals surface area contributed by atoms with Crippen LogP contribution in [0.4, 0.5) is 30.2 Å². The summed E-state index contributed by atoms with van der Waals surface area (Å²) >= 11 is 0. The Balaban J connectivity index is 1.56. The maximum atomic E-state index is 12.4. The average Bonchev–Trinajstić information content (AvgIpc) is 2.97. The Morgan fingerprint density at radius 2 is 1.59 bits per heavy atom. The van der Waals surface area contributed by atoms with Crippen LogP contribution in [0.5, 0.6) is 0 Å². The van der Waals surface area contributed by atoms with Crippen LogP contribution < -0.4 is 10.6 Å². The van der Waals surface area contributed by atoms with E-state index in [4.69, 9.17) is 0 Å². The lowest BCUT2D eigenvalue weighted by Crippen LogP contribution is -2.36. The topological polar surface area (TPSA) is 61.4 Å². The van der Waals surface area contributed by atoms with E-state index in [2.05, 4.69) is 10.6 Å². The van der Waals surface area contributed by atoms with Crippen molar-refractivity contribution in [2.24, 2.45) is 5.92 Å². The number of para-hydroxylation sites is 1. The van der Waals surface area contributed by atoms with Crippen molar-refractivity contribution >= 4 is 28.9 Å². The zero-order valence-electron chi connectivity index (χ0n) is 14.3. The molecule has 8 heteroatoms. The van der Waals surface area contributed by atoms with Gasteiger partial charge in [-0.15, -0.1) is 0 Å². The molecular weight excluding hydrogens is 359 g/mol. The number of carbonyl (C=O) groups excluding carboxylic acids is 2. The maximum absolute atomic E-state index is 12.4. The number of nitrogens with zero attached hydrogens (tertiary/aromatic N) is 1. The standard InChI is InChI=1S/C19H18F3N3O2/c20-19(21,22)12-25-11-13(10-17(25)26)18(27)24-16-8-6-15(7-9-16)23-14-4-2-1-3-5-14/h1-9,13,23H,10-12H2,(H,24,27)/t13-/m1/s1. The molecule has 2 amide bonds. The number of anilines is 3. The summed E-state index contributed by atoms with van der Waals surface area (Å²) in [4.78, 5) is 24.6. The van der Waals surface area contributed by atoms with Crippen molar-refractivity contribution in [3.05, 3.63) is 54.6 Å². The molecule has 0 spiro atoms. The fraction of sp³-hybridized carbons (Fsp3) is 0.263. The number of carbonyl (C=O) groups is 2. The molecule has 0 radical (unpaired) electrons. The molecule has 1 heterocycles. The number of alkyl halides is 3. The predicted molar refractivity (Wildman–Crippen MR) is 95.5 cm³/mol. The molecule has 1 fully saturated rings. The highest BCUT2D eigenvalue weighted by atomic mass is 19.4. The minimum Gasteiger partial charge on any atom is -0.356 e. The van der Waals surface area contributed by atoms with Crippen molar-refractivity contribution < 1.29 is 22.8 Å². The third kappa shape index (κ3) is 5.22. The van der Waals surface area contributed by atoms with Gasteiger partial charge in [-0.2, -0.15) is 13.2 Å². The van der Waals surface area contributed by atoms with Crippen LogP contribution in [-0.2, 0) is 9.59 Å². The minimum atomic E-state index is -4.47. The first-order valence-corrected chi connectivity index (χ1v) is 8.38. The van der Waals surface area contributed by atoms with E-state index in [-0.39, 0.29) is 13.0 Å².